The molecule has 0 radical (unpaired) electrons. The van der Waals surface area contributed by atoms with E-state index in [9.17, 15) is 9.59 Å². The average molecular weight is 347 g/mol. The van der Waals surface area contributed by atoms with Crippen LogP contribution in [0, 0.1) is 13.8 Å². The molecule has 26 heavy (non-hydrogen) atoms. The average Bonchev–Trinajstić information content (AvgIpc) is 3.31. The Morgan fingerprint density at radius 2 is 1.31 bits per heavy atom. The van der Waals surface area contributed by atoms with Crippen molar-refractivity contribution in [3.63, 3.8) is 0 Å². The van der Waals surface area contributed by atoms with E-state index in [0.717, 1.165) is 0 Å². The van der Waals surface area contributed by atoms with Crippen LogP contribution in [0.1, 0.15) is 43.6 Å². The van der Waals surface area contributed by atoms with Gasteiger partial charge in [0.2, 0.25) is 0 Å². The third-order valence-corrected chi connectivity index (χ3v) is 3.82. The van der Waals surface area contributed by atoms with E-state index in [1.807, 2.05) is 0 Å². The molecule has 0 atom stereocenters. The first-order valence-electron chi connectivity index (χ1n) is 8.04. The van der Waals surface area contributed by atoms with Gasteiger partial charge >= 0.3 is 0 Å². The highest BCUT2D eigenvalue weighted by Gasteiger charge is 2.15. The number of rotatable bonds is 6. The summed E-state index contributed by atoms with van der Waals surface area (Å²) in [5.41, 5.74) is 1.91. The van der Waals surface area contributed by atoms with E-state index in [1.165, 1.54) is 24.7 Å². The van der Waals surface area contributed by atoms with Crippen molar-refractivity contribution in [1.82, 2.24) is 4.98 Å². The van der Waals surface area contributed by atoms with Crippen LogP contribution in [0.15, 0.2) is 63.8 Å². The zero-order chi connectivity index (χ0) is 18.5. The molecular weight excluding hydrogens is 330 g/mol. The topological polar surface area (TPSA) is 73.3 Å². The van der Waals surface area contributed by atoms with Gasteiger partial charge in [-0.15, -0.1) is 0 Å². The van der Waals surface area contributed by atoms with E-state index in [0.29, 0.717) is 34.0 Å². The molecule has 3 heterocycles. The van der Waals surface area contributed by atoms with Gasteiger partial charge in [-0.25, -0.2) is 0 Å². The highest BCUT2D eigenvalue weighted by Crippen LogP contribution is 2.16. The van der Waals surface area contributed by atoms with Crippen molar-refractivity contribution in [3.8, 4) is 0 Å². The summed E-state index contributed by atoms with van der Waals surface area (Å²) in [5.74, 6) is 0.674. The number of nitrogens with zero attached hydrogens (tertiary/aromatic N) is 1. The van der Waals surface area contributed by atoms with E-state index >= 15 is 0 Å². The predicted molar refractivity (Wildman–Crippen MR) is 97.9 cm³/mol. The monoisotopic (exact) mass is 347 g/mol. The molecule has 0 unspecified atom stereocenters. The van der Waals surface area contributed by atoms with Crippen molar-refractivity contribution in [3.05, 3.63) is 89.0 Å². The highest BCUT2D eigenvalue weighted by molar-refractivity contribution is 6.11. The second-order valence-electron chi connectivity index (χ2n) is 5.68. The minimum absolute atomic E-state index is 0.240. The van der Waals surface area contributed by atoms with Crippen LogP contribution in [0.3, 0.4) is 0 Å². The first kappa shape index (κ1) is 17.4. The number of pyridine rings is 1. The number of carbonyl (C=O) groups excluding carboxylic acids is 2. The molecule has 0 aliphatic rings. The Balaban J connectivity index is 1.86. The maximum absolute atomic E-state index is 12.5. The minimum atomic E-state index is -0.240. The quantitative estimate of drug-likeness (QED) is 0.478. The minimum Gasteiger partial charge on any atom is -0.465 e. The van der Waals surface area contributed by atoms with E-state index in [2.05, 4.69) is 4.98 Å². The Kier molecular flexibility index (Phi) is 5.08. The molecule has 0 saturated carbocycles. The predicted octanol–water partition coefficient (Wildman–Crippen LogP) is 4.68. The molecule has 0 aliphatic carbocycles. The summed E-state index contributed by atoms with van der Waals surface area (Å²) in [6, 6.07) is 8.56. The molecule has 0 amide bonds. The fourth-order valence-electron chi connectivity index (χ4n) is 2.49. The van der Waals surface area contributed by atoms with Crippen molar-refractivity contribution in [1.29, 1.82) is 0 Å². The summed E-state index contributed by atoms with van der Waals surface area (Å²) >= 11 is 0. The molecule has 0 fully saturated rings. The Bertz CT molecular complexity index is 900. The molecule has 0 N–H and O–H groups in total. The van der Waals surface area contributed by atoms with Gasteiger partial charge in [0, 0.05) is 22.5 Å². The second-order valence-corrected chi connectivity index (χ2v) is 5.68. The smallest absolute Gasteiger partial charge is 0.187 e. The van der Waals surface area contributed by atoms with Gasteiger partial charge in [-0.2, -0.15) is 0 Å². The number of hydrogen-bond donors (Lipinski definition) is 0. The Morgan fingerprint density at radius 3 is 1.69 bits per heavy atom. The number of hydrogen-bond acceptors (Lipinski definition) is 5. The van der Waals surface area contributed by atoms with Gasteiger partial charge in [0.05, 0.1) is 12.5 Å². The summed E-state index contributed by atoms with van der Waals surface area (Å²) in [5, 5.41) is 0. The van der Waals surface area contributed by atoms with Crippen LogP contribution >= 0.6 is 0 Å². The van der Waals surface area contributed by atoms with Crippen molar-refractivity contribution in [2.24, 2.45) is 0 Å². The summed E-state index contributed by atoms with van der Waals surface area (Å²) in [6.07, 6.45) is 9.05. The number of aromatic nitrogens is 1. The first-order valence-corrected chi connectivity index (χ1v) is 8.04. The normalized spacial score (nSPS) is 11.5. The second kappa shape index (κ2) is 7.61. The Labute approximate surface area is 150 Å². The van der Waals surface area contributed by atoms with E-state index in [1.54, 1.807) is 56.3 Å². The van der Waals surface area contributed by atoms with Gasteiger partial charge in [0.1, 0.15) is 11.5 Å². The maximum atomic E-state index is 12.5. The number of allylic oxidation sites excluding steroid dienone is 2. The first-order chi connectivity index (χ1) is 12.5. The van der Waals surface area contributed by atoms with Gasteiger partial charge < -0.3 is 8.83 Å². The van der Waals surface area contributed by atoms with Crippen LogP contribution < -0.4 is 0 Å². The maximum Gasteiger partial charge on any atom is 0.187 e. The van der Waals surface area contributed by atoms with Crippen molar-refractivity contribution < 1.29 is 18.4 Å². The molecular formula is C21H17NO4. The largest absolute Gasteiger partial charge is 0.465 e. The summed E-state index contributed by atoms with van der Waals surface area (Å²) in [7, 11) is 0. The fraction of sp³-hybridized carbons (Fsp3) is 0.0952. The fourth-order valence-corrected chi connectivity index (χ4v) is 2.49. The van der Waals surface area contributed by atoms with Crippen molar-refractivity contribution in [2.45, 2.75) is 13.8 Å². The molecule has 0 bridgehead atoms. The van der Waals surface area contributed by atoms with Gasteiger partial charge in [-0.05, 0) is 68.5 Å². The highest BCUT2D eigenvalue weighted by atomic mass is 16.3. The molecule has 3 rings (SSSR count). The number of furan rings is 2. The lowest BCUT2D eigenvalue weighted by Gasteiger charge is -2.07. The summed E-state index contributed by atoms with van der Waals surface area (Å²) in [6.45, 7) is 3.49. The lowest BCUT2D eigenvalue weighted by Crippen LogP contribution is -2.08. The third kappa shape index (κ3) is 3.95. The lowest BCUT2D eigenvalue weighted by atomic mass is 10.0. The molecule has 5 heteroatoms. The summed E-state index contributed by atoms with van der Waals surface area (Å²) < 4.78 is 10.3. The molecule has 3 aromatic heterocycles. The molecule has 3 aromatic rings. The number of carbonyl (C=O) groups is 2. The molecule has 0 aromatic carbocycles. The SMILES string of the molecule is Cc1nc(C)c(C(=O)/C=C/c2ccco2)cc1C(=O)/C=C/c1ccco1. The van der Waals surface area contributed by atoms with Crippen molar-refractivity contribution >= 4 is 23.7 Å². The van der Waals surface area contributed by atoms with Crippen LogP contribution in [-0.2, 0) is 0 Å². The standard InChI is InChI=1S/C21H17NO4/c1-14-18(20(23)9-7-16-5-3-11-25-16)13-19(15(2)22-14)21(24)10-8-17-6-4-12-26-17/h3-13H,1-2H3/b9-7+,10-8+. The van der Waals surface area contributed by atoms with Crippen LogP contribution in [0.4, 0.5) is 0 Å². The third-order valence-electron chi connectivity index (χ3n) is 3.82. The van der Waals surface area contributed by atoms with Crippen LogP contribution in [0.2, 0.25) is 0 Å². The van der Waals surface area contributed by atoms with E-state index in [-0.39, 0.29) is 11.6 Å². The number of aryl methyl sites for hydroxylation is 2. The number of ketones is 2. The molecule has 0 spiro atoms. The molecule has 130 valence electrons. The zero-order valence-corrected chi connectivity index (χ0v) is 14.4. The van der Waals surface area contributed by atoms with Crippen molar-refractivity contribution in [2.75, 3.05) is 0 Å². The van der Waals surface area contributed by atoms with Crippen LogP contribution in [0.5, 0.6) is 0 Å². The van der Waals surface area contributed by atoms with Gasteiger partial charge in [-0.1, -0.05) is 0 Å². The lowest BCUT2D eigenvalue weighted by molar-refractivity contribution is 0.104. The van der Waals surface area contributed by atoms with E-state index in [4.69, 9.17) is 8.83 Å². The van der Waals surface area contributed by atoms with Gasteiger partial charge in [-0.3, -0.25) is 14.6 Å². The molecule has 0 saturated heterocycles. The van der Waals surface area contributed by atoms with Gasteiger partial charge in [0.25, 0.3) is 0 Å². The van der Waals surface area contributed by atoms with Gasteiger partial charge in [0.15, 0.2) is 11.6 Å². The van der Waals surface area contributed by atoms with E-state index < -0.39 is 0 Å². The van der Waals surface area contributed by atoms with Crippen LogP contribution in [0.25, 0.3) is 12.2 Å². The Hall–Kier alpha value is -3.47. The Morgan fingerprint density at radius 1 is 0.846 bits per heavy atom. The van der Waals surface area contributed by atoms with Crippen LogP contribution in [-0.4, -0.2) is 16.6 Å². The molecule has 5 nitrogen and oxygen atoms in total. The summed E-state index contributed by atoms with van der Waals surface area (Å²) in [4.78, 5) is 29.3. The molecule has 0 aliphatic heterocycles. The zero-order valence-electron chi connectivity index (χ0n) is 14.4.